The summed E-state index contributed by atoms with van der Waals surface area (Å²) in [6.07, 6.45) is 4.62. The van der Waals surface area contributed by atoms with E-state index >= 15 is 0 Å². The average molecular weight is 270 g/mol. The number of likely N-dealkylation sites (tertiary alicyclic amines) is 1. The van der Waals surface area contributed by atoms with Crippen molar-refractivity contribution in [2.75, 3.05) is 20.1 Å². The van der Waals surface area contributed by atoms with Crippen molar-refractivity contribution in [1.82, 2.24) is 15.5 Å². The maximum absolute atomic E-state index is 12.4. The smallest absolute Gasteiger partial charge is 0.312 e. The van der Waals surface area contributed by atoms with Gasteiger partial charge in [0.25, 0.3) is 0 Å². The van der Waals surface area contributed by atoms with Crippen LogP contribution in [0, 0.1) is 0 Å². The average Bonchev–Trinajstić information content (AvgIpc) is 2.42. The zero-order valence-corrected chi connectivity index (χ0v) is 11.9. The first kappa shape index (κ1) is 15.8. The van der Waals surface area contributed by atoms with Gasteiger partial charge in [0.15, 0.2) is 0 Å². The number of carbonyl (C=O) groups excluding carboxylic acids is 2. The van der Waals surface area contributed by atoms with Crippen molar-refractivity contribution < 1.29 is 9.59 Å². The quantitative estimate of drug-likeness (QED) is 0.654. The zero-order valence-electron chi connectivity index (χ0n) is 11.9. The number of unbranched alkanes of at least 4 members (excludes halogenated alkanes) is 1. The molecule has 1 aliphatic rings. The summed E-state index contributed by atoms with van der Waals surface area (Å²) in [7, 11) is 1.91. The number of likely N-dealkylation sites (N-methyl/N-ethyl adjacent to an activating group) is 1. The lowest BCUT2D eigenvalue weighted by molar-refractivity contribution is -0.134. The Hall–Kier alpha value is -1.30. The van der Waals surface area contributed by atoms with Gasteiger partial charge in [0.05, 0.1) is 0 Å². The summed E-state index contributed by atoms with van der Waals surface area (Å²) in [5.74, 6) is -0.00722. The first-order chi connectivity index (χ1) is 9.08. The molecule has 1 rings (SSSR count). The summed E-state index contributed by atoms with van der Waals surface area (Å²) >= 11 is 0. The molecule has 6 heteroatoms. The molecule has 0 aromatic carbocycles. The molecule has 0 spiro atoms. The van der Waals surface area contributed by atoms with Crippen LogP contribution in [0.15, 0.2) is 0 Å². The fourth-order valence-corrected chi connectivity index (χ4v) is 2.47. The molecule has 0 aromatic rings. The third-order valence-electron chi connectivity index (χ3n) is 3.60. The predicted molar refractivity (Wildman–Crippen MR) is 74.7 cm³/mol. The Bertz CT molecular complexity index is 309. The molecule has 1 saturated heterocycles. The van der Waals surface area contributed by atoms with Crippen LogP contribution in [0.1, 0.15) is 39.0 Å². The van der Waals surface area contributed by atoms with Crippen LogP contribution in [0.4, 0.5) is 4.79 Å². The van der Waals surface area contributed by atoms with Gasteiger partial charge in [-0.2, -0.15) is 0 Å². The van der Waals surface area contributed by atoms with Gasteiger partial charge >= 0.3 is 6.03 Å². The van der Waals surface area contributed by atoms with Crippen LogP contribution in [0.25, 0.3) is 0 Å². The Kier molecular flexibility index (Phi) is 6.62. The molecule has 2 atom stereocenters. The number of carbonyl (C=O) groups is 2. The lowest BCUT2D eigenvalue weighted by atomic mass is 10.0. The van der Waals surface area contributed by atoms with Crippen molar-refractivity contribution in [2.45, 2.75) is 51.1 Å². The Labute approximate surface area is 115 Å². The van der Waals surface area contributed by atoms with E-state index in [1.165, 1.54) is 0 Å². The minimum Gasteiger partial charge on any atom is -0.352 e. The highest BCUT2D eigenvalue weighted by atomic mass is 16.2. The number of hydrogen-bond donors (Lipinski definition) is 3. The second kappa shape index (κ2) is 7.99. The van der Waals surface area contributed by atoms with Gasteiger partial charge in [-0.15, -0.1) is 0 Å². The number of primary amides is 1. The molecule has 1 aliphatic heterocycles. The van der Waals surface area contributed by atoms with Gasteiger partial charge in [0.1, 0.15) is 6.04 Å². The second-order valence-corrected chi connectivity index (χ2v) is 5.12. The van der Waals surface area contributed by atoms with Gasteiger partial charge in [-0.1, -0.05) is 19.8 Å². The number of rotatable bonds is 6. The summed E-state index contributed by atoms with van der Waals surface area (Å²) in [6, 6.07) is -0.761. The number of urea groups is 1. The zero-order chi connectivity index (χ0) is 14.3. The van der Waals surface area contributed by atoms with E-state index in [1.54, 1.807) is 0 Å². The number of amides is 3. The third-order valence-corrected chi connectivity index (χ3v) is 3.60. The highest BCUT2D eigenvalue weighted by Gasteiger charge is 2.28. The molecule has 6 nitrogen and oxygen atoms in total. The largest absolute Gasteiger partial charge is 0.352 e. The maximum Gasteiger partial charge on any atom is 0.312 e. The highest BCUT2D eigenvalue weighted by molar-refractivity contribution is 5.86. The minimum absolute atomic E-state index is 0.00722. The maximum atomic E-state index is 12.4. The fraction of sp³-hybridized carbons (Fsp3) is 0.846. The van der Waals surface area contributed by atoms with Crippen LogP contribution in [-0.4, -0.2) is 49.1 Å². The summed E-state index contributed by atoms with van der Waals surface area (Å²) < 4.78 is 0. The topological polar surface area (TPSA) is 87.5 Å². The Morgan fingerprint density at radius 2 is 2.21 bits per heavy atom. The molecule has 110 valence electrons. The van der Waals surface area contributed by atoms with E-state index < -0.39 is 12.1 Å². The molecule has 0 aliphatic carbocycles. The van der Waals surface area contributed by atoms with Gasteiger partial charge in [0, 0.05) is 19.1 Å². The number of piperidine rings is 1. The van der Waals surface area contributed by atoms with Gasteiger partial charge < -0.3 is 21.3 Å². The predicted octanol–water partition coefficient (Wildman–Crippen LogP) is 0.424. The van der Waals surface area contributed by atoms with Crippen LogP contribution in [0.5, 0.6) is 0 Å². The van der Waals surface area contributed by atoms with E-state index in [4.69, 9.17) is 5.73 Å². The first-order valence-electron chi connectivity index (χ1n) is 7.10. The van der Waals surface area contributed by atoms with E-state index in [1.807, 2.05) is 11.9 Å². The van der Waals surface area contributed by atoms with Crippen LogP contribution in [-0.2, 0) is 4.79 Å². The number of nitrogens with two attached hydrogens (primary N) is 1. The van der Waals surface area contributed by atoms with Crippen molar-refractivity contribution >= 4 is 11.9 Å². The molecule has 0 saturated carbocycles. The van der Waals surface area contributed by atoms with Crippen LogP contribution in [0.2, 0.25) is 0 Å². The molecular formula is C13H26N4O2. The Morgan fingerprint density at radius 3 is 2.79 bits per heavy atom. The third kappa shape index (κ3) is 5.06. The van der Waals surface area contributed by atoms with Crippen molar-refractivity contribution in [3.63, 3.8) is 0 Å². The SMILES string of the molecule is CCCCC(NC(N)=O)C(=O)N1CCCC(NC)C1. The molecule has 19 heavy (non-hydrogen) atoms. The molecule has 0 aromatic heterocycles. The van der Waals surface area contributed by atoms with Gasteiger partial charge in [0.2, 0.25) is 5.91 Å². The molecule has 0 bridgehead atoms. The van der Waals surface area contributed by atoms with E-state index in [0.717, 1.165) is 32.2 Å². The van der Waals surface area contributed by atoms with Crippen molar-refractivity contribution in [3.05, 3.63) is 0 Å². The normalized spacial score (nSPS) is 20.9. The monoisotopic (exact) mass is 270 g/mol. The standard InChI is InChI=1S/C13H26N4O2/c1-3-4-7-11(16-13(14)19)12(18)17-8-5-6-10(9-17)15-2/h10-11,15H,3-9H2,1-2H3,(H3,14,16,19). The summed E-state index contributed by atoms with van der Waals surface area (Å²) in [5.41, 5.74) is 5.15. The van der Waals surface area contributed by atoms with Crippen molar-refractivity contribution in [1.29, 1.82) is 0 Å². The van der Waals surface area contributed by atoms with Crippen LogP contribution < -0.4 is 16.4 Å². The summed E-state index contributed by atoms with van der Waals surface area (Å²) in [6.45, 7) is 3.53. The van der Waals surface area contributed by atoms with Crippen molar-refractivity contribution in [2.24, 2.45) is 5.73 Å². The van der Waals surface area contributed by atoms with Crippen molar-refractivity contribution in [3.8, 4) is 0 Å². The lowest BCUT2D eigenvalue weighted by Gasteiger charge is -2.34. The van der Waals surface area contributed by atoms with Gasteiger partial charge in [-0.05, 0) is 26.3 Å². The van der Waals surface area contributed by atoms with Gasteiger partial charge in [-0.3, -0.25) is 4.79 Å². The Balaban J connectivity index is 2.60. The number of hydrogen-bond acceptors (Lipinski definition) is 3. The van der Waals surface area contributed by atoms with Gasteiger partial charge in [-0.25, -0.2) is 4.79 Å². The highest BCUT2D eigenvalue weighted by Crippen LogP contribution is 2.13. The molecular weight excluding hydrogens is 244 g/mol. The summed E-state index contributed by atoms with van der Waals surface area (Å²) in [5, 5.41) is 5.78. The van der Waals surface area contributed by atoms with E-state index in [9.17, 15) is 9.59 Å². The first-order valence-corrected chi connectivity index (χ1v) is 7.10. The van der Waals surface area contributed by atoms with E-state index in [-0.39, 0.29) is 5.91 Å². The number of nitrogens with zero attached hydrogens (tertiary/aromatic N) is 1. The minimum atomic E-state index is -0.628. The molecule has 0 radical (unpaired) electrons. The summed E-state index contributed by atoms with van der Waals surface area (Å²) in [4.78, 5) is 25.3. The fourth-order valence-electron chi connectivity index (χ4n) is 2.47. The molecule has 1 fully saturated rings. The molecule has 4 N–H and O–H groups in total. The van der Waals surface area contributed by atoms with Crippen LogP contribution >= 0.6 is 0 Å². The molecule has 1 heterocycles. The van der Waals surface area contributed by atoms with E-state index in [0.29, 0.717) is 19.0 Å². The number of nitrogens with one attached hydrogen (secondary N) is 2. The molecule has 3 amide bonds. The Morgan fingerprint density at radius 1 is 1.47 bits per heavy atom. The van der Waals surface area contributed by atoms with E-state index in [2.05, 4.69) is 17.6 Å². The second-order valence-electron chi connectivity index (χ2n) is 5.12. The lowest BCUT2D eigenvalue weighted by Crippen LogP contribution is -2.54. The van der Waals surface area contributed by atoms with Crippen LogP contribution in [0.3, 0.4) is 0 Å². The molecule has 2 unspecified atom stereocenters.